The number of nitrogens with one attached hydrogen (secondary N) is 1. The van der Waals surface area contributed by atoms with Gasteiger partial charge in [-0.1, -0.05) is 0 Å². The van der Waals surface area contributed by atoms with Crippen LogP contribution < -0.4 is 5.73 Å². The molecule has 0 aromatic carbocycles. The molecule has 0 bridgehead atoms. The van der Waals surface area contributed by atoms with E-state index in [-0.39, 0.29) is 0 Å². The van der Waals surface area contributed by atoms with Gasteiger partial charge in [0.15, 0.2) is 0 Å². The highest BCUT2D eigenvalue weighted by molar-refractivity contribution is 5.35. The van der Waals surface area contributed by atoms with E-state index in [0.717, 1.165) is 11.3 Å². The van der Waals surface area contributed by atoms with Gasteiger partial charge in [-0.15, -0.1) is 5.10 Å². The van der Waals surface area contributed by atoms with Gasteiger partial charge in [0, 0.05) is 0 Å². The van der Waals surface area contributed by atoms with Gasteiger partial charge in [0.25, 0.3) is 0 Å². The summed E-state index contributed by atoms with van der Waals surface area (Å²) < 4.78 is 0. The quantitative estimate of drug-likeness (QED) is 0.587. The maximum Gasteiger partial charge on any atom is 0.146 e. The number of aromatic amines is 1. The molecule has 12 heavy (non-hydrogen) atoms. The van der Waals surface area contributed by atoms with Crippen molar-refractivity contribution >= 4 is 5.82 Å². The third kappa shape index (κ3) is 2.19. The number of nitrogen functional groups attached to an aromatic ring is 1. The number of rotatable bonds is 0. The van der Waals surface area contributed by atoms with Gasteiger partial charge in [0.2, 0.25) is 0 Å². The summed E-state index contributed by atoms with van der Waals surface area (Å²) in [4.78, 5) is 0. The minimum absolute atomic E-state index is 0.443. The van der Waals surface area contributed by atoms with Crippen LogP contribution in [0.5, 0.6) is 0 Å². The molecule has 0 amide bonds. The number of aromatic nitrogens is 4. The van der Waals surface area contributed by atoms with E-state index in [1.54, 1.807) is 0 Å². The zero-order valence-electron chi connectivity index (χ0n) is 7.07. The summed E-state index contributed by atoms with van der Waals surface area (Å²) >= 11 is 0. The van der Waals surface area contributed by atoms with Crippen LogP contribution in [-0.4, -0.2) is 20.4 Å². The standard InChI is InChI=1S/C7H11N5/c1-5-3-6(2)11-9-4-10-12-7(5)8/h3-4H,1-2H3,(H2,8,12)(H,9,10). The highest BCUT2D eigenvalue weighted by Crippen LogP contribution is 2.01. The van der Waals surface area contributed by atoms with E-state index in [2.05, 4.69) is 20.4 Å². The van der Waals surface area contributed by atoms with Crippen molar-refractivity contribution in [3.05, 3.63) is 23.7 Å². The largest absolute Gasteiger partial charge is 0.382 e. The summed E-state index contributed by atoms with van der Waals surface area (Å²) in [5, 5.41) is 13.9. The Bertz CT molecular complexity index is 316. The molecule has 1 aromatic heterocycles. The number of anilines is 1. The molecular weight excluding hydrogens is 154 g/mol. The summed E-state index contributed by atoms with van der Waals surface area (Å²) in [6, 6.07) is 1.82. The van der Waals surface area contributed by atoms with Gasteiger partial charge in [-0.25, -0.2) is 0 Å². The molecule has 1 aromatic rings. The maximum atomic E-state index is 5.58. The molecule has 0 atom stereocenters. The summed E-state index contributed by atoms with van der Waals surface area (Å²) in [6.45, 7) is 3.71. The van der Waals surface area contributed by atoms with Crippen LogP contribution >= 0.6 is 0 Å². The van der Waals surface area contributed by atoms with Gasteiger partial charge >= 0.3 is 0 Å². The van der Waals surface area contributed by atoms with E-state index in [1.807, 2.05) is 19.9 Å². The Morgan fingerprint density at radius 3 is 2.92 bits per heavy atom. The minimum Gasteiger partial charge on any atom is -0.382 e. The van der Waals surface area contributed by atoms with Gasteiger partial charge in [-0.3, -0.25) is 5.10 Å². The fraction of sp³-hybridized carbons (Fsp3) is 0.286. The van der Waals surface area contributed by atoms with Crippen LogP contribution in [0.4, 0.5) is 5.82 Å². The van der Waals surface area contributed by atoms with Gasteiger partial charge in [-0.2, -0.15) is 10.2 Å². The normalized spacial score (nSPS) is 9.17. The molecule has 0 aliphatic heterocycles. The van der Waals surface area contributed by atoms with E-state index in [0.29, 0.717) is 5.82 Å². The van der Waals surface area contributed by atoms with Crippen LogP contribution in [-0.2, 0) is 0 Å². The van der Waals surface area contributed by atoms with Crippen LogP contribution in [0.2, 0.25) is 0 Å². The number of nitrogens with zero attached hydrogens (tertiary/aromatic N) is 3. The predicted octanol–water partition coefficient (Wildman–Crippen LogP) is 0.523. The van der Waals surface area contributed by atoms with Crippen LogP contribution in [0.1, 0.15) is 11.3 Å². The highest BCUT2D eigenvalue weighted by Gasteiger charge is 1.89. The van der Waals surface area contributed by atoms with Crippen LogP contribution in [0.25, 0.3) is 0 Å². The second-order valence-corrected chi connectivity index (χ2v) is 2.44. The van der Waals surface area contributed by atoms with E-state index in [4.69, 9.17) is 5.73 Å². The molecule has 0 saturated heterocycles. The average molecular weight is 165 g/mol. The average Bonchev–Trinajstić information content (AvgIpc) is 2.07. The van der Waals surface area contributed by atoms with Crippen molar-refractivity contribution in [1.82, 2.24) is 20.4 Å². The van der Waals surface area contributed by atoms with Crippen LogP contribution in [0, 0.1) is 13.8 Å². The van der Waals surface area contributed by atoms with E-state index in [1.165, 1.54) is 6.33 Å². The molecule has 3 N–H and O–H groups in total. The fourth-order valence-corrected chi connectivity index (χ4v) is 0.748. The van der Waals surface area contributed by atoms with Crippen molar-refractivity contribution in [2.75, 3.05) is 5.73 Å². The van der Waals surface area contributed by atoms with Crippen molar-refractivity contribution in [2.45, 2.75) is 13.8 Å². The van der Waals surface area contributed by atoms with Gasteiger partial charge in [0.05, 0.1) is 5.69 Å². The SMILES string of the molecule is Cc1cc(C)c(N)n[nH]cnn1. The summed E-state index contributed by atoms with van der Waals surface area (Å²) in [6.07, 6.45) is 1.38. The molecule has 0 aliphatic rings. The second-order valence-electron chi connectivity index (χ2n) is 2.44. The lowest BCUT2D eigenvalue weighted by Crippen LogP contribution is -1.91. The van der Waals surface area contributed by atoms with E-state index >= 15 is 0 Å². The Labute approximate surface area is 70.3 Å². The van der Waals surface area contributed by atoms with E-state index < -0.39 is 0 Å². The molecule has 0 saturated carbocycles. The Morgan fingerprint density at radius 1 is 1.42 bits per heavy atom. The number of hydrogen-bond donors (Lipinski definition) is 2. The molecule has 5 heteroatoms. The minimum atomic E-state index is 0.443. The van der Waals surface area contributed by atoms with Crippen molar-refractivity contribution in [3.8, 4) is 0 Å². The molecule has 0 unspecified atom stereocenters. The number of hydrogen-bond acceptors (Lipinski definition) is 4. The van der Waals surface area contributed by atoms with Crippen molar-refractivity contribution < 1.29 is 0 Å². The first-order valence-electron chi connectivity index (χ1n) is 3.53. The highest BCUT2D eigenvalue weighted by atomic mass is 15.2. The fourth-order valence-electron chi connectivity index (χ4n) is 0.748. The molecule has 0 spiro atoms. The lowest BCUT2D eigenvalue weighted by Gasteiger charge is -1.89. The molecule has 0 aliphatic carbocycles. The predicted molar refractivity (Wildman–Crippen MR) is 45.7 cm³/mol. The summed E-state index contributed by atoms with van der Waals surface area (Å²) in [5.74, 6) is 0.443. The smallest absolute Gasteiger partial charge is 0.146 e. The lowest BCUT2D eigenvalue weighted by molar-refractivity contribution is 0.932. The number of aryl methyl sites for hydroxylation is 2. The molecule has 0 fully saturated rings. The monoisotopic (exact) mass is 165 g/mol. The first-order valence-corrected chi connectivity index (χ1v) is 3.53. The second kappa shape index (κ2) is 3.66. The summed E-state index contributed by atoms with van der Waals surface area (Å²) in [7, 11) is 0. The Kier molecular flexibility index (Phi) is 2.57. The molecule has 1 heterocycles. The van der Waals surface area contributed by atoms with Crippen LogP contribution in [0.15, 0.2) is 12.4 Å². The zero-order valence-corrected chi connectivity index (χ0v) is 7.07. The maximum absolute atomic E-state index is 5.58. The molecule has 0 radical (unpaired) electrons. The third-order valence-electron chi connectivity index (χ3n) is 1.35. The van der Waals surface area contributed by atoms with Crippen molar-refractivity contribution in [3.63, 3.8) is 0 Å². The number of nitrogens with two attached hydrogens (primary N) is 1. The topological polar surface area (TPSA) is 80.5 Å². The first kappa shape index (κ1) is 8.45. The molecular formula is C7H11N5. The van der Waals surface area contributed by atoms with Gasteiger partial charge in [-0.05, 0) is 25.5 Å². The van der Waals surface area contributed by atoms with Crippen molar-refractivity contribution in [1.29, 1.82) is 0 Å². The third-order valence-corrected chi connectivity index (χ3v) is 1.35. The lowest BCUT2D eigenvalue weighted by atomic mass is 10.3. The number of H-pyrrole nitrogens is 1. The summed E-state index contributed by atoms with van der Waals surface area (Å²) in [5.41, 5.74) is 7.25. The Morgan fingerprint density at radius 2 is 2.17 bits per heavy atom. The first-order chi connectivity index (χ1) is 5.70. The molecule has 5 nitrogen and oxygen atoms in total. The van der Waals surface area contributed by atoms with Gasteiger partial charge in [0.1, 0.15) is 12.1 Å². The van der Waals surface area contributed by atoms with E-state index in [9.17, 15) is 0 Å². The Balaban J connectivity index is 3.38. The van der Waals surface area contributed by atoms with Crippen LogP contribution in [0.3, 0.4) is 0 Å². The molecule has 64 valence electrons. The molecule has 1 rings (SSSR count). The van der Waals surface area contributed by atoms with Crippen molar-refractivity contribution in [2.24, 2.45) is 0 Å². The zero-order chi connectivity index (χ0) is 8.97. The van der Waals surface area contributed by atoms with Gasteiger partial charge < -0.3 is 5.73 Å². The Hall–Kier alpha value is -1.65.